The van der Waals surface area contributed by atoms with Crippen molar-refractivity contribution in [2.24, 2.45) is 5.92 Å². The Balaban J connectivity index is 1.44. The van der Waals surface area contributed by atoms with Crippen LogP contribution in [0.1, 0.15) is 30.9 Å². The topological polar surface area (TPSA) is 76.4 Å². The molecule has 2 aliphatic rings. The predicted molar refractivity (Wildman–Crippen MR) is 155 cm³/mol. The van der Waals surface area contributed by atoms with Gasteiger partial charge >= 0.3 is 0 Å². The molecular formula is C28H30N4O4S2. The van der Waals surface area contributed by atoms with Crippen molar-refractivity contribution in [1.82, 2.24) is 14.3 Å². The van der Waals surface area contributed by atoms with Gasteiger partial charge in [0, 0.05) is 25.8 Å². The lowest BCUT2D eigenvalue weighted by molar-refractivity contribution is -0.122. The number of carbonyl (C=O) groups excluding carboxylic acids is 1. The van der Waals surface area contributed by atoms with Gasteiger partial charge in [0.15, 0.2) is 11.5 Å². The lowest BCUT2D eigenvalue weighted by Gasteiger charge is -2.32. The Labute approximate surface area is 231 Å². The number of amides is 1. The van der Waals surface area contributed by atoms with E-state index < -0.39 is 0 Å². The first-order valence-electron chi connectivity index (χ1n) is 12.6. The van der Waals surface area contributed by atoms with Crippen molar-refractivity contribution in [3.8, 4) is 11.5 Å². The van der Waals surface area contributed by atoms with E-state index in [2.05, 4.69) is 11.8 Å². The highest BCUT2D eigenvalue weighted by Crippen LogP contribution is 2.35. The van der Waals surface area contributed by atoms with Gasteiger partial charge in [0.05, 0.1) is 24.7 Å². The van der Waals surface area contributed by atoms with Crippen LogP contribution in [0.25, 0.3) is 11.7 Å². The van der Waals surface area contributed by atoms with Crippen molar-refractivity contribution >= 4 is 51.7 Å². The van der Waals surface area contributed by atoms with E-state index >= 15 is 0 Å². The predicted octanol–water partition coefficient (Wildman–Crippen LogP) is 4.39. The average Bonchev–Trinajstić information content (AvgIpc) is 3.20. The van der Waals surface area contributed by atoms with E-state index in [-0.39, 0.29) is 11.5 Å². The second-order valence-electron chi connectivity index (χ2n) is 9.53. The Morgan fingerprint density at radius 1 is 1.11 bits per heavy atom. The summed E-state index contributed by atoms with van der Waals surface area (Å²) < 4.78 is 12.7. The minimum Gasteiger partial charge on any atom is -0.493 e. The molecule has 198 valence electrons. The van der Waals surface area contributed by atoms with Gasteiger partial charge in [0.1, 0.15) is 15.8 Å². The molecule has 0 N–H and O–H groups in total. The minimum atomic E-state index is -0.198. The molecule has 2 fully saturated rings. The van der Waals surface area contributed by atoms with Gasteiger partial charge in [-0.2, -0.15) is 0 Å². The van der Waals surface area contributed by atoms with Crippen molar-refractivity contribution in [2.45, 2.75) is 26.2 Å². The van der Waals surface area contributed by atoms with Crippen LogP contribution in [0.15, 0.2) is 52.3 Å². The molecule has 38 heavy (non-hydrogen) atoms. The van der Waals surface area contributed by atoms with Crippen molar-refractivity contribution in [3.63, 3.8) is 0 Å². The number of rotatable bonds is 7. The van der Waals surface area contributed by atoms with Gasteiger partial charge in [-0.15, -0.1) is 0 Å². The molecule has 2 aliphatic heterocycles. The van der Waals surface area contributed by atoms with Crippen LogP contribution in [0.2, 0.25) is 0 Å². The average molecular weight is 551 g/mol. The second-order valence-corrected chi connectivity index (χ2v) is 11.2. The highest BCUT2D eigenvalue weighted by molar-refractivity contribution is 8.26. The lowest BCUT2D eigenvalue weighted by atomic mass is 9.99. The number of carbonyl (C=O) groups is 1. The zero-order valence-corrected chi connectivity index (χ0v) is 23.3. The van der Waals surface area contributed by atoms with Gasteiger partial charge in [-0.1, -0.05) is 43.0 Å². The molecule has 1 aromatic carbocycles. The summed E-state index contributed by atoms with van der Waals surface area (Å²) >= 11 is 6.79. The molecule has 10 heteroatoms. The summed E-state index contributed by atoms with van der Waals surface area (Å²) in [7, 11) is 3.19. The Bertz CT molecular complexity index is 1480. The van der Waals surface area contributed by atoms with Crippen LogP contribution in [0, 0.1) is 5.92 Å². The molecule has 0 atom stereocenters. The molecule has 4 heterocycles. The van der Waals surface area contributed by atoms with Crippen LogP contribution >= 0.6 is 24.0 Å². The van der Waals surface area contributed by atoms with Gasteiger partial charge in [-0.05, 0) is 61.1 Å². The summed E-state index contributed by atoms with van der Waals surface area (Å²) in [5.74, 6) is 2.36. The SMILES string of the molecule is COc1ccc(CCN2C(=O)/C(=C\c3c(N4CCC(C)CC4)nc4ccccn4c3=O)SC2=S)cc1OC. The molecule has 0 radical (unpaired) electrons. The van der Waals surface area contributed by atoms with Gasteiger partial charge in [0.25, 0.3) is 11.5 Å². The monoisotopic (exact) mass is 550 g/mol. The third-order valence-electron chi connectivity index (χ3n) is 7.05. The van der Waals surface area contributed by atoms with Gasteiger partial charge in [-0.25, -0.2) is 4.98 Å². The smallest absolute Gasteiger partial charge is 0.267 e. The fourth-order valence-electron chi connectivity index (χ4n) is 4.78. The van der Waals surface area contributed by atoms with E-state index in [0.717, 1.165) is 31.5 Å². The number of piperidine rings is 1. The van der Waals surface area contributed by atoms with Gasteiger partial charge in [-0.3, -0.25) is 18.9 Å². The number of thiocarbonyl (C=S) groups is 1. The molecule has 0 bridgehead atoms. The van der Waals surface area contributed by atoms with E-state index in [9.17, 15) is 9.59 Å². The van der Waals surface area contributed by atoms with Crippen LogP contribution < -0.4 is 19.9 Å². The van der Waals surface area contributed by atoms with Crippen LogP contribution in [-0.2, 0) is 11.2 Å². The maximum absolute atomic E-state index is 13.6. The third-order valence-corrected chi connectivity index (χ3v) is 8.43. The Morgan fingerprint density at radius 2 is 1.87 bits per heavy atom. The first-order valence-corrected chi connectivity index (χ1v) is 13.8. The molecule has 0 saturated carbocycles. The van der Waals surface area contributed by atoms with Crippen LogP contribution in [0.4, 0.5) is 5.82 Å². The van der Waals surface area contributed by atoms with Gasteiger partial charge in [0.2, 0.25) is 0 Å². The summed E-state index contributed by atoms with van der Waals surface area (Å²) in [6, 6.07) is 11.2. The van der Waals surface area contributed by atoms with E-state index in [1.165, 1.54) is 16.2 Å². The van der Waals surface area contributed by atoms with Crippen molar-refractivity contribution < 1.29 is 14.3 Å². The van der Waals surface area contributed by atoms with E-state index in [1.54, 1.807) is 37.5 Å². The number of benzene rings is 1. The lowest BCUT2D eigenvalue weighted by Crippen LogP contribution is -2.36. The maximum atomic E-state index is 13.6. The standard InChI is InChI=1S/C28H30N4O4S2/c1-18-9-13-30(14-10-18)25-20(26(33)31-12-5-4-6-24(31)29-25)17-23-27(34)32(28(37)38-23)15-11-19-7-8-21(35-2)22(16-19)36-3/h4-8,12,16-18H,9-11,13-15H2,1-3H3/b23-17+. The van der Waals surface area contributed by atoms with Crippen LogP contribution in [0.3, 0.4) is 0 Å². The Morgan fingerprint density at radius 3 is 2.61 bits per heavy atom. The van der Waals surface area contributed by atoms with Crippen LogP contribution in [0.5, 0.6) is 11.5 Å². The normalized spacial score (nSPS) is 17.6. The molecule has 5 rings (SSSR count). The molecule has 8 nitrogen and oxygen atoms in total. The number of ether oxygens (including phenoxy) is 2. The van der Waals surface area contributed by atoms with E-state index in [4.69, 9.17) is 26.7 Å². The number of aromatic nitrogens is 2. The first-order chi connectivity index (χ1) is 18.4. The number of nitrogens with zero attached hydrogens (tertiary/aromatic N) is 4. The highest BCUT2D eigenvalue weighted by Gasteiger charge is 2.33. The van der Waals surface area contributed by atoms with E-state index in [0.29, 0.717) is 56.6 Å². The number of thioether (sulfide) groups is 1. The number of methoxy groups -OCH3 is 2. The fraction of sp³-hybridized carbons (Fsp3) is 0.357. The summed E-state index contributed by atoms with van der Waals surface area (Å²) in [6.45, 7) is 4.31. The number of fused-ring (bicyclic) bond motifs is 1. The molecule has 2 saturated heterocycles. The van der Waals surface area contributed by atoms with Crippen LogP contribution in [-0.4, -0.2) is 58.4 Å². The molecule has 0 spiro atoms. The molecule has 1 amide bonds. The Hall–Kier alpha value is -3.37. The quantitative estimate of drug-likeness (QED) is 0.317. The maximum Gasteiger partial charge on any atom is 0.267 e. The van der Waals surface area contributed by atoms with Crippen molar-refractivity contribution in [1.29, 1.82) is 0 Å². The number of hydrogen-bond donors (Lipinski definition) is 0. The van der Waals surface area contributed by atoms with Crippen molar-refractivity contribution in [3.05, 3.63) is 69.0 Å². The largest absolute Gasteiger partial charge is 0.493 e. The zero-order chi connectivity index (χ0) is 26.8. The first kappa shape index (κ1) is 26.2. The van der Waals surface area contributed by atoms with E-state index in [1.807, 2.05) is 30.3 Å². The fourth-order valence-corrected chi connectivity index (χ4v) is 6.07. The molecular weight excluding hydrogens is 520 g/mol. The summed E-state index contributed by atoms with van der Waals surface area (Å²) in [5, 5.41) is 0. The summed E-state index contributed by atoms with van der Waals surface area (Å²) in [5.41, 5.74) is 1.81. The molecule has 2 aromatic heterocycles. The summed E-state index contributed by atoms with van der Waals surface area (Å²) in [6.07, 6.45) is 6.05. The number of anilines is 1. The third kappa shape index (κ3) is 5.15. The molecule has 3 aromatic rings. The Kier molecular flexibility index (Phi) is 7.71. The minimum absolute atomic E-state index is 0.195. The zero-order valence-electron chi connectivity index (χ0n) is 21.7. The molecule has 0 aliphatic carbocycles. The summed E-state index contributed by atoms with van der Waals surface area (Å²) in [4.78, 5) is 36.1. The molecule has 0 unspecified atom stereocenters. The number of pyridine rings is 1. The van der Waals surface area contributed by atoms with Crippen molar-refractivity contribution in [2.75, 3.05) is 38.8 Å². The highest BCUT2D eigenvalue weighted by atomic mass is 32.2. The van der Waals surface area contributed by atoms with Gasteiger partial charge < -0.3 is 14.4 Å². The second kappa shape index (κ2) is 11.2. The number of hydrogen-bond acceptors (Lipinski definition) is 8.